The zero-order valence-electron chi connectivity index (χ0n) is 11.1. The average Bonchev–Trinajstić information content (AvgIpc) is 2.47. The third-order valence-corrected chi connectivity index (χ3v) is 2.90. The summed E-state index contributed by atoms with van der Waals surface area (Å²) in [5.74, 6) is -0.335. The van der Waals surface area contributed by atoms with Crippen molar-refractivity contribution in [3.63, 3.8) is 0 Å². The van der Waals surface area contributed by atoms with Gasteiger partial charge in [-0.1, -0.05) is 18.2 Å². The van der Waals surface area contributed by atoms with Crippen molar-refractivity contribution in [1.29, 1.82) is 5.26 Å². The Bertz CT molecular complexity index is 670. The molecule has 2 aromatic carbocycles. The number of nitrogens with zero attached hydrogens (tertiary/aromatic N) is 1. The van der Waals surface area contributed by atoms with Crippen molar-refractivity contribution >= 4 is 11.7 Å². The van der Waals surface area contributed by atoms with Crippen LogP contribution >= 0.6 is 0 Å². The number of hydrogen-bond donors (Lipinski definition) is 1. The van der Waals surface area contributed by atoms with Gasteiger partial charge in [-0.3, -0.25) is 0 Å². The van der Waals surface area contributed by atoms with E-state index in [1.165, 1.54) is 0 Å². The van der Waals surface area contributed by atoms with Crippen LogP contribution < -0.4 is 5.73 Å². The Morgan fingerprint density at radius 2 is 1.85 bits per heavy atom. The van der Waals surface area contributed by atoms with E-state index in [9.17, 15) is 4.79 Å². The van der Waals surface area contributed by atoms with Gasteiger partial charge in [0.05, 0.1) is 23.4 Å². The second kappa shape index (κ2) is 5.89. The number of hydrogen-bond acceptors (Lipinski definition) is 4. The first kappa shape index (κ1) is 13.6. The molecule has 0 radical (unpaired) electrons. The largest absolute Gasteiger partial charge is 0.462 e. The number of carbonyl (C=O) groups excluding carboxylic acids is 1. The molecule has 4 heteroatoms. The molecule has 0 aliphatic rings. The van der Waals surface area contributed by atoms with E-state index in [0.717, 1.165) is 11.1 Å². The van der Waals surface area contributed by atoms with Gasteiger partial charge < -0.3 is 10.5 Å². The van der Waals surface area contributed by atoms with Gasteiger partial charge in [0, 0.05) is 0 Å². The summed E-state index contributed by atoms with van der Waals surface area (Å²) in [7, 11) is 0. The molecule has 20 heavy (non-hydrogen) atoms. The van der Waals surface area contributed by atoms with E-state index in [1.54, 1.807) is 31.2 Å². The maximum atomic E-state index is 11.6. The van der Waals surface area contributed by atoms with Crippen molar-refractivity contribution in [2.45, 2.75) is 6.92 Å². The molecule has 0 amide bonds. The SMILES string of the molecule is CCOC(=O)c1ccc(-c2ccc(C#N)c(N)c2)cc1. The molecule has 0 spiro atoms. The van der Waals surface area contributed by atoms with Crippen molar-refractivity contribution in [3.05, 3.63) is 53.6 Å². The van der Waals surface area contributed by atoms with E-state index in [0.29, 0.717) is 23.4 Å². The van der Waals surface area contributed by atoms with Crippen LogP contribution in [0.1, 0.15) is 22.8 Å². The molecule has 2 rings (SSSR count). The number of nitrogen functional groups attached to an aromatic ring is 1. The van der Waals surface area contributed by atoms with Crippen LogP contribution in [0.5, 0.6) is 0 Å². The van der Waals surface area contributed by atoms with Gasteiger partial charge in [0.25, 0.3) is 0 Å². The number of nitrogens with two attached hydrogens (primary N) is 1. The number of ether oxygens (including phenoxy) is 1. The number of rotatable bonds is 3. The van der Waals surface area contributed by atoms with Crippen molar-refractivity contribution < 1.29 is 9.53 Å². The van der Waals surface area contributed by atoms with Crippen LogP contribution in [0.2, 0.25) is 0 Å². The Morgan fingerprint density at radius 1 is 1.20 bits per heavy atom. The van der Waals surface area contributed by atoms with Gasteiger partial charge in [-0.2, -0.15) is 5.26 Å². The van der Waals surface area contributed by atoms with E-state index in [1.807, 2.05) is 24.3 Å². The van der Waals surface area contributed by atoms with Crippen LogP contribution in [0.15, 0.2) is 42.5 Å². The average molecular weight is 266 g/mol. The minimum atomic E-state index is -0.335. The molecule has 2 aromatic rings. The van der Waals surface area contributed by atoms with E-state index in [2.05, 4.69) is 0 Å². The summed E-state index contributed by atoms with van der Waals surface area (Å²) in [5.41, 5.74) is 9.03. The first-order valence-corrected chi connectivity index (χ1v) is 6.23. The summed E-state index contributed by atoms with van der Waals surface area (Å²) < 4.78 is 4.93. The van der Waals surface area contributed by atoms with E-state index in [4.69, 9.17) is 15.7 Å². The normalized spacial score (nSPS) is 9.80. The number of esters is 1. The van der Waals surface area contributed by atoms with Crippen LogP contribution in [0.4, 0.5) is 5.69 Å². The zero-order valence-corrected chi connectivity index (χ0v) is 11.1. The maximum absolute atomic E-state index is 11.6. The molecule has 0 bridgehead atoms. The van der Waals surface area contributed by atoms with Gasteiger partial charge in [-0.25, -0.2) is 4.79 Å². The highest BCUT2D eigenvalue weighted by Gasteiger charge is 2.07. The van der Waals surface area contributed by atoms with Gasteiger partial charge in [0.15, 0.2) is 0 Å². The minimum Gasteiger partial charge on any atom is -0.462 e. The van der Waals surface area contributed by atoms with Crippen LogP contribution in [0.3, 0.4) is 0 Å². The summed E-state index contributed by atoms with van der Waals surface area (Å²) in [5, 5.41) is 8.85. The number of carbonyl (C=O) groups is 1. The lowest BCUT2D eigenvalue weighted by atomic mass is 10.0. The van der Waals surface area contributed by atoms with E-state index < -0.39 is 0 Å². The third kappa shape index (κ3) is 2.78. The number of benzene rings is 2. The Hall–Kier alpha value is -2.80. The van der Waals surface area contributed by atoms with Gasteiger partial charge in [0.2, 0.25) is 0 Å². The summed E-state index contributed by atoms with van der Waals surface area (Å²) in [6.07, 6.45) is 0. The predicted octanol–water partition coefficient (Wildman–Crippen LogP) is 2.98. The van der Waals surface area contributed by atoms with Crippen LogP contribution in [-0.2, 0) is 4.74 Å². The molecule has 2 N–H and O–H groups in total. The second-order valence-electron chi connectivity index (χ2n) is 4.21. The fourth-order valence-electron chi connectivity index (χ4n) is 1.86. The molecule has 4 nitrogen and oxygen atoms in total. The summed E-state index contributed by atoms with van der Waals surface area (Å²) in [4.78, 5) is 11.6. The standard InChI is InChI=1S/C16H14N2O2/c1-2-20-16(19)12-5-3-11(4-6-12)13-7-8-14(10-17)15(18)9-13/h3-9H,2,18H2,1H3. The molecule has 0 saturated carbocycles. The molecule has 0 heterocycles. The Balaban J connectivity index is 2.28. The monoisotopic (exact) mass is 266 g/mol. The Morgan fingerprint density at radius 3 is 2.40 bits per heavy atom. The lowest BCUT2D eigenvalue weighted by molar-refractivity contribution is 0.0526. The van der Waals surface area contributed by atoms with Gasteiger partial charge in [-0.05, 0) is 42.3 Å². The van der Waals surface area contributed by atoms with E-state index in [-0.39, 0.29) is 5.97 Å². The van der Waals surface area contributed by atoms with Crippen molar-refractivity contribution in [2.24, 2.45) is 0 Å². The predicted molar refractivity (Wildman–Crippen MR) is 77.0 cm³/mol. The number of anilines is 1. The first-order chi connectivity index (χ1) is 9.65. The first-order valence-electron chi connectivity index (χ1n) is 6.23. The van der Waals surface area contributed by atoms with Gasteiger partial charge >= 0.3 is 5.97 Å². The van der Waals surface area contributed by atoms with Crippen molar-refractivity contribution in [3.8, 4) is 17.2 Å². The molecular weight excluding hydrogens is 252 g/mol. The van der Waals surface area contributed by atoms with Crippen LogP contribution in [-0.4, -0.2) is 12.6 Å². The second-order valence-corrected chi connectivity index (χ2v) is 4.21. The highest BCUT2D eigenvalue weighted by atomic mass is 16.5. The lowest BCUT2D eigenvalue weighted by Crippen LogP contribution is -2.04. The fraction of sp³-hybridized carbons (Fsp3) is 0.125. The molecule has 0 fully saturated rings. The smallest absolute Gasteiger partial charge is 0.338 e. The summed E-state index contributed by atoms with van der Waals surface area (Å²) in [6, 6.07) is 14.4. The molecule has 100 valence electrons. The molecule has 0 aromatic heterocycles. The molecule has 0 aliphatic heterocycles. The van der Waals surface area contributed by atoms with Crippen molar-refractivity contribution in [2.75, 3.05) is 12.3 Å². The highest BCUT2D eigenvalue weighted by Crippen LogP contribution is 2.24. The lowest BCUT2D eigenvalue weighted by Gasteiger charge is -2.06. The van der Waals surface area contributed by atoms with Crippen LogP contribution in [0, 0.1) is 11.3 Å². The molecular formula is C16H14N2O2. The molecule has 0 atom stereocenters. The van der Waals surface area contributed by atoms with Gasteiger partial charge in [-0.15, -0.1) is 0 Å². The summed E-state index contributed by atoms with van der Waals surface area (Å²) >= 11 is 0. The number of nitriles is 1. The van der Waals surface area contributed by atoms with Crippen molar-refractivity contribution in [1.82, 2.24) is 0 Å². The Labute approximate surface area is 117 Å². The highest BCUT2D eigenvalue weighted by molar-refractivity contribution is 5.90. The quantitative estimate of drug-likeness (QED) is 0.684. The van der Waals surface area contributed by atoms with Gasteiger partial charge in [0.1, 0.15) is 6.07 Å². The molecule has 0 unspecified atom stereocenters. The molecule has 0 saturated heterocycles. The topological polar surface area (TPSA) is 76.1 Å². The Kier molecular flexibility index (Phi) is 4.02. The fourth-order valence-corrected chi connectivity index (χ4v) is 1.86. The summed E-state index contributed by atoms with van der Waals surface area (Å²) in [6.45, 7) is 2.12. The minimum absolute atomic E-state index is 0.335. The third-order valence-electron chi connectivity index (χ3n) is 2.90. The maximum Gasteiger partial charge on any atom is 0.338 e. The van der Waals surface area contributed by atoms with Crippen LogP contribution in [0.25, 0.3) is 11.1 Å². The van der Waals surface area contributed by atoms with E-state index >= 15 is 0 Å². The molecule has 0 aliphatic carbocycles. The zero-order chi connectivity index (χ0) is 14.5.